The third-order valence-electron chi connectivity index (χ3n) is 4.60. The Bertz CT molecular complexity index is 1270. The second-order valence-electron chi connectivity index (χ2n) is 7.32. The zero-order valence-corrected chi connectivity index (χ0v) is 18.1. The van der Waals surface area contributed by atoms with E-state index in [2.05, 4.69) is 20.6 Å². The summed E-state index contributed by atoms with van der Waals surface area (Å²) in [5.74, 6) is -1.19. The summed E-state index contributed by atoms with van der Waals surface area (Å²) in [4.78, 5) is 31.6. The smallest absolute Gasteiger partial charge is 0.397 e. The largest absolute Gasteiger partial charge is 0.433 e. The fraction of sp³-hybridized carbons (Fsp3) is 0.130. The number of alkyl halides is 6. The second kappa shape index (κ2) is 10.5. The Hall–Kier alpha value is -4.42. The van der Waals surface area contributed by atoms with E-state index in [1.807, 2.05) is 0 Å². The number of anilines is 3. The normalized spacial score (nSPS) is 11.9. The molecule has 36 heavy (non-hydrogen) atoms. The van der Waals surface area contributed by atoms with Gasteiger partial charge in [0.2, 0.25) is 5.91 Å². The Morgan fingerprint density at radius 2 is 1.64 bits per heavy atom. The van der Waals surface area contributed by atoms with Gasteiger partial charge in [-0.1, -0.05) is 18.2 Å². The molecule has 2 aromatic heterocycles. The molecular formula is C23H17F6N5O2. The number of pyridine rings is 2. The summed E-state index contributed by atoms with van der Waals surface area (Å²) in [6.07, 6.45) is -4.11. The van der Waals surface area contributed by atoms with Crippen LogP contribution in [0.5, 0.6) is 0 Å². The molecule has 3 aromatic rings. The van der Waals surface area contributed by atoms with Crippen molar-refractivity contribution in [3.8, 4) is 0 Å². The van der Waals surface area contributed by atoms with Gasteiger partial charge in [-0.15, -0.1) is 0 Å². The van der Waals surface area contributed by atoms with Gasteiger partial charge in [-0.2, -0.15) is 26.3 Å². The Labute approximate surface area is 200 Å². The molecule has 1 aromatic carbocycles. The minimum Gasteiger partial charge on any atom is -0.397 e. The minimum atomic E-state index is -4.58. The van der Waals surface area contributed by atoms with E-state index in [0.717, 1.165) is 24.4 Å². The van der Waals surface area contributed by atoms with Crippen LogP contribution < -0.4 is 16.4 Å². The zero-order chi connectivity index (χ0) is 26.5. The molecule has 0 aliphatic rings. The first-order chi connectivity index (χ1) is 16.8. The van der Waals surface area contributed by atoms with Gasteiger partial charge in [-0.05, 0) is 42.0 Å². The number of nitrogens with one attached hydrogen (secondary N) is 2. The molecule has 4 N–H and O–H groups in total. The maximum atomic E-state index is 12.7. The predicted molar refractivity (Wildman–Crippen MR) is 120 cm³/mol. The molecule has 0 fully saturated rings. The van der Waals surface area contributed by atoms with Crippen LogP contribution in [0.4, 0.5) is 43.4 Å². The van der Waals surface area contributed by atoms with E-state index >= 15 is 0 Å². The van der Waals surface area contributed by atoms with Crippen molar-refractivity contribution in [2.75, 3.05) is 16.4 Å². The first-order valence-electron chi connectivity index (χ1n) is 10.1. The van der Waals surface area contributed by atoms with Crippen molar-refractivity contribution < 1.29 is 35.9 Å². The number of nitrogens with zero attached hydrogens (tertiary/aromatic N) is 2. The third-order valence-corrected chi connectivity index (χ3v) is 4.60. The molecule has 2 heterocycles. The Morgan fingerprint density at radius 3 is 2.19 bits per heavy atom. The fourth-order valence-electron chi connectivity index (χ4n) is 2.83. The number of hydrogen-bond donors (Lipinski definition) is 3. The van der Waals surface area contributed by atoms with E-state index in [0.29, 0.717) is 11.6 Å². The highest BCUT2D eigenvalue weighted by Gasteiger charge is 2.32. The molecule has 7 nitrogen and oxygen atoms in total. The van der Waals surface area contributed by atoms with E-state index in [1.54, 1.807) is 0 Å². The van der Waals surface area contributed by atoms with Gasteiger partial charge in [-0.3, -0.25) is 14.6 Å². The summed E-state index contributed by atoms with van der Waals surface area (Å²) in [6.45, 7) is 0. The van der Waals surface area contributed by atoms with E-state index in [1.165, 1.54) is 36.5 Å². The molecule has 0 spiro atoms. The SMILES string of the molecule is Nc1cc(C(F)(F)F)ccc1NC(=O)c1ccc(NC(=O)C/C=C/c2ccc(C(F)(F)F)nc2)cn1. The number of halogens is 6. The number of aromatic nitrogens is 2. The van der Waals surface area contributed by atoms with Crippen LogP contribution in [-0.2, 0) is 17.1 Å². The standard InChI is InChI=1S/C23H17F6N5O2/c24-22(25,26)14-5-7-17(16(30)10-14)34-21(36)18-8-6-15(12-31-18)33-20(35)3-1-2-13-4-9-19(32-11-13)23(27,28)29/h1-2,4-12H,3,30H2,(H,33,35)(H,34,36)/b2-1+. The topological polar surface area (TPSA) is 110 Å². The molecule has 3 rings (SSSR count). The van der Waals surface area contributed by atoms with Crippen molar-refractivity contribution in [3.63, 3.8) is 0 Å². The molecule has 0 atom stereocenters. The third kappa shape index (κ3) is 7.04. The molecule has 0 unspecified atom stereocenters. The summed E-state index contributed by atoms with van der Waals surface area (Å²) < 4.78 is 75.7. The van der Waals surface area contributed by atoms with Crippen LogP contribution in [-0.4, -0.2) is 21.8 Å². The van der Waals surface area contributed by atoms with Gasteiger partial charge in [0.15, 0.2) is 0 Å². The van der Waals surface area contributed by atoms with Gasteiger partial charge in [0, 0.05) is 12.6 Å². The average molecular weight is 509 g/mol. The molecule has 0 bridgehead atoms. The first-order valence-corrected chi connectivity index (χ1v) is 10.1. The highest BCUT2D eigenvalue weighted by atomic mass is 19.4. The maximum absolute atomic E-state index is 12.7. The highest BCUT2D eigenvalue weighted by molar-refractivity contribution is 6.04. The van der Waals surface area contributed by atoms with Crippen LogP contribution >= 0.6 is 0 Å². The van der Waals surface area contributed by atoms with Crippen LogP contribution in [0.1, 0.15) is 33.7 Å². The number of benzene rings is 1. The highest BCUT2D eigenvalue weighted by Crippen LogP contribution is 2.33. The molecule has 2 amide bonds. The molecule has 13 heteroatoms. The lowest BCUT2D eigenvalue weighted by Gasteiger charge is -2.12. The number of amides is 2. The van der Waals surface area contributed by atoms with Crippen LogP contribution in [0.15, 0.2) is 60.9 Å². The first kappa shape index (κ1) is 26.2. The lowest BCUT2D eigenvalue weighted by atomic mass is 10.1. The number of nitrogen functional groups attached to an aromatic ring is 1. The van der Waals surface area contributed by atoms with E-state index < -0.39 is 35.4 Å². The van der Waals surface area contributed by atoms with Crippen molar-refractivity contribution in [3.05, 3.63) is 83.4 Å². The van der Waals surface area contributed by atoms with E-state index in [-0.39, 0.29) is 29.2 Å². The summed E-state index contributed by atoms with van der Waals surface area (Å²) in [5, 5.41) is 4.89. The molecule has 0 aliphatic carbocycles. The van der Waals surface area contributed by atoms with Gasteiger partial charge < -0.3 is 16.4 Å². The quantitative estimate of drug-likeness (QED) is 0.305. The summed E-state index contributed by atoms with van der Waals surface area (Å²) >= 11 is 0. The van der Waals surface area contributed by atoms with Crippen molar-refractivity contribution in [2.24, 2.45) is 0 Å². The van der Waals surface area contributed by atoms with Crippen molar-refractivity contribution >= 4 is 35.0 Å². The second-order valence-corrected chi connectivity index (χ2v) is 7.32. The molecule has 0 saturated heterocycles. The number of hydrogen-bond acceptors (Lipinski definition) is 5. The van der Waals surface area contributed by atoms with E-state index in [4.69, 9.17) is 5.73 Å². The number of nitrogens with two attached hydrogens (primary N) is 1. The summed E-state index contributed by atoms with van der Waals surface area (Å²) in [7, 11) is 0. The Morgan fingerprint density at radius 1 is 0.889 bits per heavy atom. The van der Waals surface area contributed by atoms with Crippen molar-refractivity contribution in [1.82, 2.24) is 9.97 Å². The Balaban J connectivity index is 1.53. The van der Waals surface area contributed by atoms with Gasteiger partial charge in [0.1, 0.15) is 11.4 Å². The van der Waals surface area contributed by atoms with Gasteiger partial charge >= 0.3 is 12.4 Å². The molecule has 188 valence electrons. The summed E-state index contributed by atoms with van der Waals surface area (Å²) in [6, 6.07) is 7.23. The number of carbonyl (C=O) groups is 2. The molecular weight excluding hydrogens is 492 g/mol. The lowest BCUT2D eigenvalue weighted by molar-refractivity contribution is -0.141. The zero-order valence-electron chi connectivity index (χ0n) is 18.1. The van der Waals surface area contributed by atoms with Gasteiger partial charge in [0.25, 0.3) is 5.91 Å². The molecule has 0 aliphatic heterocycles. The Kier molecular flexibility index (Phi) is 7.61. The van der Waals surface area contributed by atoms with Gasteiger partial charge in [-0.25, -0.2) is 4.98 Å². The maximum Gasteiger partial charge on any atom is 0.433 e. The van der Waals surface area contributed by atoms with Crippen molar-refractivity contribution in [1.29, 1.82) is 0 Å². The lowest BCUT2D eigenvalue weighted by Crippen LogP contribution is -2.16. The minimum absolute atomic E-state index is 0.0257. The number of carbonyl (C=O) groups excluding carboxylic acids is 2. The van der Waals surface area contributed by atoms with Crippen LogP contribution in [0.2, 0.25) is 0 Å². The molecule has 0 saturated carbocycles. The fourth-order valence-corrected chi connectivity index (χ4v) is 2.83. The van der Waals surface area contributed by atoms with Crippen LogP contribution in [0.3, 0.4) is 0 Å². The average Bonchev–Trinajstić information content (AvgIpc) is 2.80. The van der Waals surface area contributed by atoms with Crippen LogP contribution in [0, 0.1) is 0 Å². The summed E-state index contributed by atoms with van der Waals surface area (Å²) in [5.41, 5.74) is 3.86. The van der Waals surface area contributed by atoms with Crippen molar-refractivity contribution in [2.45, 2.75) is 18.8 Å². The van der Waals surface area contributed by atoms with E-state index in [9.17, 15) is 35.9 Å². The number of rotatable bonds is 6. The monoisotopic (exact) mass is 509 g/mol. The van der Waals surface area contributed by atoms with Crippen LogP contribution in [0.25, 0.3) is 6.08 Å². The molecule has 0 radical (unpaired) electrons. The predicted octanol–water partition coefficient (Wildman–Crippen LogP) is 5.39. The van der Waals surface area contributed by atoms with Gasteiger partial charge in [0.05, 0.1) is 28.8 Å².